The van der Waals surface area contributed by atoms with Gasteiger partial charge in [-0.3, -0.25) is 0 Å². The Hall–Kier alpha value is -0.130. The maximum Gasteiger partial charge on any atom is 0.214 e. The highest BCUT2D eigenvalue weighted by atomic mass is 32.2. The molecular weight excluding hydrogens is 248 g/mol. The summed E-state index contributed by atoms with van der Waals surface area (Å²) in [6.07, 6.45) is 7.96. The third kappa shape index (κ3) is 3.68. The van der Waals surface area contributed by atoms with Crippen LogP contribution in [-0.2, 0) is 10.0 Å². The largest absolute Gasteiger partial charge is 0.314 e. The molecule has 0 bridgehead atoms. The molecule has 0 radical (unpaired) electrons. The highest BCUT2D eigenvalue weighted by molar-refractivity contribution is 7.90. The molecule has 0 heterocycles. The minimum absolute atomic E-state index is 0.121. The van der Waals surface area contributed by atoms with Crippen molar-refractivity contribution in [2.24, 2.45) is 0 Å². The van der Waals surface area contributed by atoms with Crippen LogP contribution in [0.1, 0.15) is 58.3 Å². The minimum atomic E-state index is -3.06. The summed E-state index contributed by atoms with van der Waals surface area (Å²) in [6, 6.07) is 0.757. The molecule has 2 fully saturated rings. The van der Waals surface area contributed by atoms with Gasteiger partial charge in [-0.2, -0.15) is 0 Å². The van der Waals surface area contributed by atoms with E-state index in [9.17, 15) is 8.42 Å². The highest BCUT2D eigenvalue weighted by Gasteiger charge is 2.31. The first kappa shape index (κ1) is 14.3. The monoisotopic (exact) mass is 274 g/mol. The second kappa shape index (κ2) is 6.35. The van der Waals surface area contributed by atoms with E-state index in [4.69, 9.17) is 0 Å². The molecule has 18 heavy (non-hydrogen) atoms. The van der Waals surface area contributed by atoms with E-state index in [0.29, 0.717) is 6.04 Å². The van der Waals surface area contributed by atoms with Gasteiger partial charge >= 0.3 is 0 Å². The van der Waals surface area contributed by atoms with Gasteiger partial charge in [-0.05, 0) is 45.1 Å². The van der Waals surface area contributed by atoms with Gasteiger partial charge in [0.25, 0.3) is 0 Å². The van der Waals surface area contributed by atoms with Crippen LogP contribution in [0, 0.1) is 0 Å². The lowest BCUT2D eigenvalue weighted by Crippen LogP contribution is -2.44. The van der Waals surface area contributed by atoms with E-state index in [1.807, 2.05) is 0 Å². The van der Waals surface area contributed by atoms with E-state index in [-0.39, 0.29) is 11.3 Å². The Morgan fingerprint density at radius 3 is 2.06 bits per heavy atom. The van der Waals surface area contributed by atoms with Gasteiger partial charge in [0.2, 0.25) is 10.0 Å². The van der Waals surface area contributed by atoms with Crippen LogP contribution in [0.4, 0.5) is 0 Å². The molecular formula is C13H26N2O2S. The molecule has 4 nitrogen and oxygen atoms in total. The number of nitrogens with one attached hydrogen (secondary N) is 2. The molecule has 2 saturated carbocycles. The fourth-order valence-corrected chi connectivity index (χ4v) is 5.08. The second-order valence-electron chi connectivity index (χ2n) is 5.68. The van der Waals surface area contributed by atoms with Crippen molar-refractivity contribution in [3.05, 3.63) is 0 Å². The van der Waals surface area contributed by atoms with Crippen LogP contribution >= 0.6 is 0 Å². The molecule has 0 spiro atoms. The molecule has 0 amide bonds. The third-order valence-electron chi connectivity index (χ3n) is 4.29. The molecule has 5 heteroatoms. The van der Waals surface area contributed by atoms with Crippen LogP contribution < -0.4 is 10.0 Å². The van der Waals surface area contributed by atoms with E-state index < -0.39 is 10.0 Å². The molecule has 2 aliphatic rings. The van der Waals surface area contributed by atoms with Crippen LogP contribution in [0.15, 0.2) is 0 Å². The molecule has 2 rings (SSSR count). The lowest BCUT2D eigenvalue weighted by molar-refractivity contribution is 0.333. The maximum absolute atomic E-state index is 12.2. The van der Waals surface area contributed by atoms with Crippen molar-refractivity contribution in [2.45, 2.75) is 75.6 Å². The first-order valence-electron chi connectivity index (χ1n) is 7.36. The number of hydrogen-bond acceptors (Lipinski definition) is 3. The van der Waals surface area contributed by atoms with Gasteiger partial charge in [-0.1, -0.05) is 19.8 Å². The summed E-state index contributed by atoms with van der Waals surface area (Å²) in [4.78, 5) is 0. The van der Waals surface area contributed by atoms with E-state index in [0.717, 1.165) is 57.9 Å². The third-order valence-corrected chi connectivity index (χ3v) is 6.30. The smallest absolute Gasteiger partial charge is 0.214 e. The minimum Gasteiger partial charge on any atom is -0.314 e. The van der Waals surface area contributed by atoms with Crippen molar-refractivity contribution in [3.8, 4) is 0 Å². The molecule has 0 aliphatic heterocycles. The summed E-state index contributed by atoms with van der Waals surface area (Å²) < 4.78 is 27.3. The standard InChI is InChI=1S/C13H26N2O2S/c1-2-14-11-7-9-12(10-8-11)15-18(16,17)13-5-3-4-6-13/h11-15H,2-10H2,1H3. The normalized spacial score (nSPS) is 30.7. The molecule has 0 atom stereocenters. The molecule has 2 N–H and O–H groups in total. The van der Waals surface area contributed by atoms with Crippen molar-refractivity contribution < 1.29 is 8.42 Å². The molecule has 2 aliphatic carbocycles. The first-order chi connectivity index (χ1) is 8.62. The Bertz CT molecular complexity index is 342. The number of rotatable bonds is 5. The van der Waals surface area contributed by atoms with Gasteiger partial charge < -0.3 is 5.32 Å². The van der Waals surface area contributed by atoms with Crippen molar-refractivity contribution in [3.63, 3.8) is 0 Å². The lowest BCUT2D eigenvalue weighted by atomic mass is 9.92. The molecule has 106 valence electrons. The average Bonchev–Trinajstić information content (AvgIpc) is 2.86. The zero-order chi connectivity index (χ0) is 13.0. The van der Waals surface area contributed by atoms with Gasteiger partial charge in [0.15, 0.2) is 0 Å². The summed E-state index contributed by atoms with van der Waals surface area (Å²) in [7, 11) is -3.06. The van der Waals surface area contributed by atoms with Crippen molar-refractivity contribution in [1.29, 1.82) is 0 Å². The zero-order valence-corrected chi connectivity index (χ0v) is 12.1. The second-order valence-corrected chi connectivity index (χ2v) is 7.67. The van der Waals surface area contributed by atoms with Crippen LogP contribution in [0.2, 0.25) is 0 Å². The number of sulfonamides is 1. The number of hydrogen-bond donors (Lipinski definition) is 2. The summed E-state index contributed by atoms with van der Waals surface area (Å²) in [5.41, 5.74) is 0. The Labute approximate surface area is 111 Å². The highest BCUT2D eigenvalue weighted by Crippen LogP contribution is 2.26. The van der Waals surface area contributed by atoms with Gasteiger partial charge in [0, 0.05) is 12.1 Å². The average molecular weight is 274 g/mol. The SMILES string of the molecule is CCNC1CCC(NS(=O)(=O)C2CCCC2)CC1. The molecule has 0 unspecified atom stereocenters. The van der Waals surface area contributed by atoms with Crippen molar-refractivity contribution in [1.82, 2.24) is 10.0 Å². The van der Waals surface area contributed by atoms with Gasteiger partial charge in [0.1, 0.15) is 0 Å². The predicted octanol–water partition coefficient (Wildman–Crippen LogP) is 1.77. The fraction of sp³-hybridized carbons (Fsp3) is 1.00. The first-order valence-corrected chi connectivity index (χ1v) is 8.91. The van der Waals surface area contributed by atoms with Crippen molar-refractivity contribution in [2.75, 3.05) is 6.54 Å². The Balaban J connectivity index is 1.80. The fourth-order valence-electron chi connectivity index (χ4n) is 3.23. The summed E-state index contributed by atoms with van der Waals surface area (Å²) in [5.74, 6) is 0. The lowest BCUT2D eigenvalue weighted by Gasteiger charge is -2.30. The summed E-state index contributed by atoms with van der Waals surface area (Å²) in [5, 5.41) is 3.32. The van der Waals surface area contributed by atoms with Crippen LogP contribution in [0.5, 0.6) is 0 Å². The van der Waals surface area contributed by atoms with Crippen LogP contribution in [0.25, 0.3) is 0 Å². The Morgan fingerprint density at radius 2 is 1.50 bits per heavy atom. The quantitative estimate of drug-likeness (QED) is 0.803. The zero-order valence-electron chi connectivity index (χ0n) is 11.3. The molecule has 0 aromatic heterocycles. The predicted molar refractivity (Wildman–Crippen MR) is 74.0 cm³/mol. The van der Waals surface area contributed by atoms with Gasteiger partial charge in [0.05, 0.1) is 5.25 Å². The van der Waals surface area contributed by atoms with E-state index >= 15 is 0 Å². The topological polar surface area (TPSA) is 58.2 Å². The molecule has 0 aromatic rings. The van der Waals surface area contributed by atoms with E-state index in [1.54, 1.807) is 0 Å². The van der Waals surface area contributed by atoms with Crippen molar-refractivity contribution >= 4 is 10.0 Å². The van der Waals surface area contributed by atoms with Crippen LogP contribution in [0.3, 0.4) is 0 Å². The molecule has 0 aromatic carbocycles. The van der Waals surface area contributed by atoms with E-state index in [2.05, 4.69) is 17.0 Å². The van der Waals surface area contributed by atoms with Gasteiger partial charge in [-0.15, -0.1) is 0 Å². The van der Waals surface area contributed by atoms with Gasteiger partial charge in [-0.25, -0.2) is 13.1 Å². The van der Waals surface area contributed by atoms with E-state index in [1.165, 1.54) is 0 Å². The van der Waals surface area contributed by atoms with Crippen LogP contribution in [-0.4, -0.2) is 32.3 Å². The Kier molecular flexibility index (Phi) is 5.04. The Morgan fingerprint density at radius 1 is 0.944 bits per heavy atom. The molecule has 0 saturated heterocycles. The summed E-state index contributed by atoms with van der Waals surface area (Å²) >= 11 is 0. The summed E-state index contributed by atoms with van der Waals surface area (Å²) in [6.45, 7) is 3.12. The maximum atomic E-state index is 12.2.